The van der Waals surface area contributed by atoms with Crippen molar-refractivity contribution in [1.82, 2.24) is 5.32 Å². The zero-order valence-electron chi connectivity index (χ0n) is 4.93. The van der Waals surface area contributed by atoms with Gasteiger partial charge in [0.1, 0.15) is 0 Å². The number of piperidine rings is 1. The van der Waals surface area contributed by atoms with Crippen molar-refractivity contribution < 1.29 is 4.79 Å². The van der Waals surface area contributed by atoms with E-state index < -0.39 is 0 Å². The summed E-state index contributed by atoms with van der Waals surface area (Å²) < 4.78 is 0. The molecule has 1 aliphatic heterocycles. The molecule has 9 heavy (non-hydrogen) atoms. The molecule has 0 bridgehead atoms. The van der Waals surface area contributed by atoms with Crippen LogP contribution in [-0.4, -0.2) is 23.3 Å². The zero-order valence-corrected chi connectivity index (χ0v) is 6.52. The third-order valence-electron chi connectivity index (χ3n) is 1.33. The summed E-state index contributed by atoms with van der Waals surface area (Å²) in [5.41, 5.74) is 5.54. The van der Waals surface area contributed by atoms with Crippen LogP contribution in [0.2, 0.25) is 0 Å². The first kappa shape index (κ1) is 7.02. The summed E-state index contributed by atoms with van der Waals surface area (Å²) in [5, 5.41) is 2.67. The van der Waals surface area contributed by atoms with E-state index in [9.17, 15) is 4.79 Å². The van der Waals surface area contributed by atoms with E-state index in [0.29, 0.717) is 6.54 Å². The van der Waals surface area contributed by atoms with Crippen molar-refractivity contribution in [3.8, 4) is 0 Å². The summed E-state index contributed by atoms with van der Waals surface area (Å²) in [7, 11) is 0. The molecule has 2 atom stereocenters. The molecule has 0 saturated carbocycles. The van der Waals surface area contributed by atoms with Crippen LogP contribution in [0.4, 0.5) is 0 Å². The minimum absolute atomic E-state index is 0.0525. The molecule has 1 saturated heterocycles. The molecule has 1 heterocycles. The van der Waals surface area contributed by atoms with Crippen LogP contribution in [0, 0.1) is 0 Å². The smallest absolute Gasteiger partial charge is 0.233 e. The predicted molar refractivity (Wildman–Crippen MR) is 38.3 cm³/mol. The molecule has 0 aromatic carbocycles. The van der Waals surface area contributed by atoms with Gasteiger partial charge in [-0.25, -0.2) is 0 Å². The normalized spacial score (nSPS) is 36.0. The standard InChI is InChI=1S/C5H9BrN2O/c6-4-1-3(7)2-8-5(4)9/h3-4H,1-2,7H2,(H,8,9). The molecule has 0 spiro atoms. The minimum Gasteiger partial charge on any atom is -0.354 e. The molecule has 1 rings (SSSR count). The maximum Gasteiger partial charge on any atom is 0.233 e. The molecule has 0 aromatic heterocycles. The summed E-state index contributed by atoms with van der Waals surface area (Å²) in [6, 6.07) is 0.118. The maximum atomic E-state index is 10.7. The maximum absolute atomic E-state index is 10.7. The molecule has 4 heteroatoms. The van der Waals surface area contributed by atoms with E-state index in [0.717, 1.165) is 6.42 Å². The summed E-state index contributed by atoms with van der Waals surface area (Å²) in [6.07, 6.45) is 0.742. The summed E-state index contributed by atoms with van der Waals surface area (Å²) in [5.74, 6) is 0.0525. The van der Waals surface area contributed by atoms with Crippen LogP contribution in [0.15, 0.2) is 0 Å². The van der Waals surface area contributed by atoms with Gasteiger partial charge in [0.25, 0.3) is 0 Å². The molecule has 2 unspecified atom stereocenters. The van der Waals surface area contributed by atoms with Gasteiger partial charge in [0.15, 0.2) is 0 Å². The van der Waals surface area contributed by atoms with Crippen LogP contribution < -0.4 is 11.1 Å². The molecule has 0 radical (unpaired) electrons. The van der Waals surface area contributed by atoms with Gasteiger partial charge in [-0.2, -0.15) is 0 Å². The number of carbonyl (C=O) groups is 1. The lowest BCUT2D eigenvalue weighted by Crippen LogP contribution is -2.48. The minimum atomic E-state index is -0.0822. The first-order valence-corrected chi connectivity index (χ1v) is 3.79. The highest BCUT2D eigenvalue weighted by Crippen LogP contribution is 2.10. The van der Waals surface area contributed by atoms with Crippen LogP contribution in [0.3, 0.4) is 0 Å². The van der Waals surface area contributed by atoms with Gasteiger partial charge in [0, 0.05) is 12.6 Å². The van der Waals surface area contributed by atoms with Crippen molar-refractivity contribution >= 4 is 21.8 Å². The van der Waals surface area contributed by atoms with Crippen molar-refractivity contribution in [2.45, 2.75) is 17.3 Å². The number of nitrogens with one attached hydrogen (secondary N) is 1. The first-order valence-electron chi connectivity index (χ1n) is 2.87. The van der Waals surface area contributed by atoms with Crippen LogP contribution >= 0.6 is 15.9 Å². The van der Waals surface area contributed by atoms with Crippen LogP contribution in [-0.2, 0) is 4.79 Å². The summed E-state index contributed by atoms with van der Waals surface area (Å²) >= 11 is 3.20. The van der Waals surface area contributed by atoms with E-state index in [1.165, 1.54) is 0 Å². The highest BCUT2D eigenvalue weighted by Gasteiger charge is 2.23. The van der Waals surface area contributed by atoms with Crippen LogP contribution in [0.5, 0.6) is 0 Å². The van der Waals surface area contributed by atoms with Crippen molar-refractivity contribution in [3.63, 3.8) is 0 Å². The Morgan fingerprint density at radius 1 is 1.78 bits per heavy atom. The van der Waals surface area contributed by atoms with E-state index >= 15 is 0 Å². The average Bonchev–Trinajstić information content (AvgIpc) is 1.80. The summed E-state index contributed by atoms with van der Waals surface area (Å²) in [6.45, 7) is 0.612. The molecule has 0 aliphatic carbocycles. The Labute approximate surface area is 62.1 Å². The number of amides is 1. The Balaban J connectivity index is 2.44. The molecule has 52 valence electrons. The Kier molecular flexibility index (Phi) is 2.08. The topological polar surface area (TPSA) is 55.1 Å². The fourth-order valence-corrected chi connectivity index (χ4v) is 1.44. The van der Waals surface area contributed by atoms with Crippen molar-refractivity contribution in [2.24, 2.45) is 5.73 Å². The second kappa shape index (κ2) is 2.66. The molecule has 0 aromatic rings. The van der Waals surface area contributed by atoms with E-state index in [1.54, 1.807) is 0 Å². The molecule has 1 aliphatic rings. The van der Waals surface area contributed by atoms with Crippen molar-refractivity contribution in [2.75, 3.05) is 6.54 Å². The Morgan fingerprint density at radius 3 is 2.89 bits per heavy atom. The first-order chi connectivity index (χ1) is 4.20. The van der Waals surface area contributed by atoms with Gasteiger partial charge >= 0.3 is 0 Å². The SMILES string of the molecule is NC1CNC(=O)C(Br)C1. The highest BCUT2D eigenvalue weighted by atomic mass is 79.9. The molecular formula is C5H9BrN2O. The average molecular weight is 193 g/mol. The second-order valence-electron chi connectivity index (χ2n) is 2.21. The van der Waals surface area contributed by atoms with Crippen molar-refractivity contribution in [3.05, 3.63) is 0 Å². The number of hydrogen-bond donors (Lipinski definition) is 2. The van der Waals surface area contributed by atoms with Gasteiger partial charge in [-0.1, -0.05) is 15.9 Å². The Morgan fingerprint density at radius 2 is 2.44 bits per heavy atom. The molecule has 3 nitrogen and oxygen atoms in total. The molecule has 1 amide bonds. The van der Waals surface area contributed by atoms with E-state index in [4.69, 9.17) is 5.73 Å². The van der Waals surface area contributed by atoms with E-state index in [-0.39, 0.29) is 16.8 Å². The fraction of sp³-hybridized carbons (Fsp3) is 0.800. The van der Waals surface area contributed by atoms with Gasteiger partial charge in [-0.15, -0.1) is 0 Å². The second-order valence-corrected chi connectivity index (χ2v) is 3.31. The third kappa shape index (κ3) is 1.66. The Bertz CT molecular complexity index is 128. The number of nitrogens with two attached hydrogens (primary N) is 1. The van der Waals surface area contributed by atoms with E-state index in [2.05, 4.69) is 21.2 Å². The molecular weight excluding hydrogens is 184 g/mol. The monoisotopic (exact) mass is 192 g/mol. The van der Waals surface area contributed by atoms with Gasteiger partial charge in [-0.05, 0) is 6.42 Å². The number of alkyl halides is 1. The largest absolute Gasteiger partial charge is 0.354 e. The van der Waals surface area contributed by atoms with Crippen LogP contribution in [0.25, 0.3) is 0 Å². The number of rotatable bonds is 0. The highest BCUT2D eigenvalue weighted by molar-refractivity contribution is 9.10. The van der Waals surface area contributed by atoms with Crippen molar-refractivity contribution in [1.29, 1.82) is 0 Å². The lowest BCUT2D eigenvalue weighted by atomic mass is 10.1. The van der Waals surface area contributed by atoms with Gasteiger partial charge < -0.3 is 11.1 Å². The number of halogens is 1. The lowest BCUT2D eigenvalue weighted by molar-refractivity contribution is -0.121. The third-order valence-corrected chi connectivity index (χ3v) is 2.12. The fourth-order valence-electron chi connectivity index (χ4n) is 0.799. The number of carbonyl (C=O) groups excluding carboxylic acids is 1. The van der Waals surface area contributed by atoms with Crippen LogP contribution in [0.1, 0.15) is 6.42 Å². The molecule has 3 N–H and O–H groups in total. The van der Waals surface area contributed by atoms with Gasteiger partial charge in [0.05, 0.1) is 4.83 Å². The molecule has 1 fully saturated rings. The quantitative estimate of drug-likeness (QED) is 0.514. The Hall–Kier alpha value is -0.0900. The zero-order chi connectivity index (χ0) is 6.85. The number of hydrogen-bond acceptors (Lipinski definition) is 2. The summed E-state index contributed by atoms with van der Waals surface area (Å²) in [4.78, 5) is 10.6. The van der Waals surface area contributed by atoms with Gasteiger partial charge in [-0.3, -0.25) is 4.79 Å². The lowest BCUT2D eigenvalue weighted by Gasteiger charge is -2.22. The van der Waals surface area contributed by atoms with E-state index in [1.807, 2.05) is 0 Å². The van der Waals surface area contributed by atoms with Gasteiger partial charge in [0.2, 0.25) is 5.91 Å². The predicted octanol–water partition coefficient (Wildman–Crippen LogP) is -0.403.